The van der Waals surface area contributed by atoms with E-state index < -0.39 is 6.10 Å². The van der Waals surface area contributed by atoms with Crippen molar-refractivity contribution in [1.82, 2.24) is 15.0 Å². The van der Waals surface area contributed by atoms with Crippen LogP contribution in [-0.2, 0) is 0 Å². The number of benzene rings is 1. The number of para-hydroxylation sites is 1. The molecule has 0 saturated carbocycles. The van der Waals surface area contributed by atoms with Gasteiger partial charge in [0, 0.05) is 0 Å². The maximum atomic E-state index is 9.88. The second-order valence-electron chi connectivity index (χ2n) is 3.45. The topological polar surface area (TPSA) is 50.9 Å². The van der Waals surface area contributed by atoms with Crippen LogP contribution in [0, 0.1) is 0 Å². The smallest absolute Gasteiger partial charge is 0.101 e. The minimum absolute atomic E-state index is 0.486. The minimum atomic E-state index is -0.618. The molecule has 0 spiro atoms. The minimum Gasteiger partial charge on any atom is -0.386 e. The van der Waals surface area contributed by atoms with Gasteiger partial charge in [0.25, 0.3) is 0 Å². The molecule has 1 aromatic carbocycles. The van der Waals surface area contributed by atoms with Gasteiger partial charge in [-0.05, 0) is 18.6 Å². The van der Waals surface area contributed by atoms with Crippen molar-refractivity contribution < 1.29 is 5.11 Å². The maximum absolute atomic E-state index is 9.88. The fourth-order valence-corrected chi connectivity index (χ4v) is 1.52. The lowest BCUT2D eigenvalue weighted by molar-refractivity contribution is 0.173. The number of rotatable bonds is 4. The highest BCUT2D eigenvalue weighted by atomic mass is 16.3. The quantitative estimate of drug-likeness (QED) is 0.792. The van der Waals surface area contributed by atoms with Crippen LogP contribution in [0.2, 0.25) is 0 Å². The summed E-state index contributed by atoms with van der Waals surface area (Å²) in [7, 11) is 0. The Labute approximate surface area is 93.8 Å². The van der Waals surface area contributed by atoms with Crippen molar-refractivity contribution in [3.63, 3.8) is 0 Å². The van der Waals surface area contributed by atoms with Crippen LogP contribution in [0.3, 0.4) is 0 Å². The molecule has 0 radical (unpaired) electrons. The molecule has 1 atom stereocenters. The summed E-state index contributed by atoms with van der Waals surface area (Å²) < 4.78 is 1.63. The summed E-state index contributed by atoms with van der Waals surface area (Å²) >= 11 is 0. The zero-order valence-electron chi connectivity index (χ0n) is 8.82. The summed E-state index contributed by atoms with van der Waals surface area (Å²) in [5.41, 5.74) is 1.56. The largest absolute Gasteiger partial charge is 0.386 e. The van der Waals surface area contributed by atoms with Gasteiger partial charge >= 0.3 is 0 Å². The fourth-order valence-electron chi connectivity index (χ4n) is 1.52. The summed E-state index contributed by atoms with van der Waals surface area (Å²) in [5.74, 6) is 0. The standard InChI is InChI=1S/C12H13N3O/c1-2-6-12(16)11-9-13-14-15(11)10-7-4-3-5-8-10/h2-5,7-9,12,16H,1,6H2. The second-order valence-corrected chi connectivity index (χ2v) is 3.45. The van der Waals surface area contributed by atoms with Crippen LogP contribution in [-0.4, -0.2) is 20.1 Å². The van der Waals surface area contributed by atoms with Crippen LogP contribution in [0.5, 0.6) is 0 Å². The van der Waals surface area contributed by atoms with Gasteiger partial charge in [-0.2, -0.15) is 0 Å². The first-order valence-electron chi connectivity index (χ1n) is 5.08. The maximum Gasteiger partial charge on any atom is 0.101 e. The summed E-state index contributed by atoms with van der Waals surface area (Å²) in [6, 6.07) is 9.60. The highest BCUT2D eigenvalue weighted by Gasteiger charge is 2.13. The molecule has 1 N–H and O–H groups in total. The SMILES string of the molecule is C=CCC(O)c1cnnn1-c1ccccc1. The first-order valence-corrected chi connectivity index (χ1v) is 5.08. The molecule has 0 aliphatic heterocycles. The van der Waals surface area contributed by atoms with Crippen LogP contribution in [0.4, 0.5) is 0 Å². The van der Waals surface area contributed by atoms with Crippen molar-refractivity contribution >= 4 is 0 Å². The van der Waals surface area contributed by atoms with E-state index in [4.69, 9.17) is 0 Å². The third-order valence-corrected chi connectivity index (χ3v) is 2.31. The molecular weight excluding hydrogens is 202 g/mol. The Hall–Kier alpha value is -1.94. The van der Waals surface area contributed by atoms with E-state index >= 15 is 0 Å². The van der Waals surface area contributed by atoms with E-state index in [0.29, 0.717) is 12.1 Å². The van der Waals surface area contributed by atoms with E-state index in [-0.39, 0.29) is 0 Å². The molecular formula is C12H13N3O. The first-order chi connectivity index (χ1) is 7.83. The number of nitrogens with zero attached hydrogens (tertiary/aromatic N) is 3. The Morgan fingerprint density at radius 3 is 2.81 bits per heavy atom. The van der Waals surface area contributed by atoms with Gasteiger partial charge in [0.15, 0.2) is 0 Å². The Morgan fingerprint density at radius 1 is 1.38 bits per heavy atom. The lowest BCUT2D eigenvalue weighted by atomic mass is 10.2. The van der Waals surface area contributed by atoms with Crippen molar-refractivity contribution in [3.8, 4) is 5.69 Å². The molecule has 1 unspecified atom stereocenters. The average Bonchev–Trinajstić information content (AvgIpc) is 2.79. The fraction of sp³-hybridized carbons (Fsp3) is 0.167. The average molecular weight is 215 g/mol. The predicted molar refractivity (Wildman–Crippen MR) is 61.1 cm³/mol. The number of aromatic nitrogens is 3. The number of aliphatic hydroxyl groups is 1. The van der Waals surface area contributed by atoms with Crippen molar-refractivity contribution in [2.24, 2.45) is 0 Å². The van der Waals surface area contributed by atoms with Gasteiger partial charge < -0.3 is 5.11 Å². The lowest BCUT2D eigenvalue weighted by Crippen LogP contribution is -2.06. The van der Waals surface area contributed by atoms with Crippen LogP contribution < -0.4 is 0 Å². The first kappa shape index (κ1) is 10.6. The molecule has 0 bridgehead atoms. The van der Waals surface area contributed by atoms with Crippen LogP contribution >= 0.6 is 0 Å². The molecule has 0 saturated heterocycles. The molecule has 82 valence electrons. The van der Waals surface area contributed by atoms with E-state index in [2.05, 4.69) is 16.9 Å². The van der Waals surface area contributed by atoms with Crippen molar-refractivity contribution in [1.29, 1.82) is 0 Å². The highest BCUT2D eigenvalue weighted by Crippen LogP contribution is 2.18. The summed E-state index contributed by atoms with van der Waals surface area (Å²) in [6.07, 6.45) is 3.11. The van der Waals surface area contributed by atoms with Gasteiger partial charge in [0.2, 0.25) is 0 Å². The Balaban J connectivity index is 2.36. The van der Waals surface area contributed by atoms with Gasteiger partial charge in [-0.1, -0.05) is 29.5 Å². The van der Waals surface area contributed by atoms with E-state index in [1.165, 1.54) is 0 Å². The van der Waals surface area contributed by atoms with E-state index in [1.807, 2.05) is 30.3 Å². The van der Waals surface area contributed by atoms with Crippen molar-refractivity contribution in [2.75, 3.05) is 0 Å². The van der Waals surface area contributed by atoms with E-state index in [9.17, 15) is 5.11 Å². The number of aliphatic hydroxyl groups excluding tert-OH is 1. The molecule has 2 rings (SSSR count). The monoisotopic (exact) mass is 215 g/mol. The number of hydrogen-bond acceptors (Lipinski definition) is 3. The highest BCUT2D eigenvalue weighted by molar-refractivity contribution is 5.32. The molecule has 0 amide bonds. The molecule has 0 aliphatic rings. The third kappa shape index (κ3) is 2.01. The lowest BCUT2D eigenvalue weighted by Gasteiger charge is -2.10. The van der Waals surface area contributed by atoms with E-state index in [0.717, 1.165) is 5.69 Å². The second kappa shape index (κ2) is 4.72. The third-order valence-electron chi connectivity index (χ3n) is 2.31. The molecule has 16 heavy (non-hydrogen) atoms. The predicted octanol–water partition coefficient (Wildman–Crippen LogP) is 1.88. The Bertz CT molecular complexity index is 464. The normalized spacial score (nSPS) is 12.3. The van der Waals surface area contributed by atoms with Gasteiger partial charge in [-0.25, -0.2) is 4.68 Å². The number of hydrogen-bond donors (Lipinski definition) is 1. The van der Waals surface area contributed by atoms with Crippen LogP contribution in [0.25, 0.3) is 5.69 Å². The Morgan fingerprint density at radius 2 is 2.12 bits per heavy atom. The van der Waals surface area contributed by atoms with Gasteiger partial charge in [0.1, 0.15) is 6.10 Å². The molecule has 1 aromatic heterocycles. The zero-order valence-corrected chi connectivity index (χ0v) is 8.82. The molecule has 4 heteroatoms. The summed E-state index contributed by atoms with van der Waals surface area (Å²) in [4.78, 5) is 0. The Kier molecular flexibility index (Phi) is 3.12. The summed E-state index contributed by atoms with van der Waals surface area (Å²) in [6.45, 7) is 3.60. The van der Waals surface area contributed by atoms with Crippen molar-refractivity contribution in [3.05, 3.63) is 54.9 Å². The zero-order chi connectivity index (χ0) is 11.4. The summed E-state index contributed by atoms with van der Waals surface area (Å²) in [5, 5.41) is 17.7. The molecule has 0 fully saturated rings. The van der Waals surface area contributed by atoms with Gasteiger partial charge in [0.05, 0.1) is 17.6 Å². The van der Waals surface area contributed by atoms with Crippen LogP contribution in [0.15, 0.2) is 49.2 Å². The molecule has 0 aliphatic carbocycles. The van der Waals surface area contributed by atoms with Crippen LogP contribution in [0.1, 0.15) is 18.2 Å². The van der Waals surface area contributed by atoms with Gasteiger partial charge in [-0.3, -0.25) is 0 Å². The van der Waals surface area contributed by atoms with Gasteiger partial charge in [-0.15, -0.1) is 11.7 Å². The molecule has 1 heterocycles. The van der Waals surface area contributed by atoms with E-state index in [1.54, 1.807) is 17.0 Å². The molecule has 2 aromatic rings. The van der Waals surface area contributed by atoms with Crippen molar-refractivity contribution in [2.45, 2.75) is 12.5 Å². The molecule has 4 nitrogen and oxygen atoms in total.